The second kappa shape index (κ2) is 8.27. The summed E-state index contributed by atoms with van der Waals surface area (Å²) in [5.41, 5.74) is 0.584. The van der Waals surface area contributed by atoms with Crippen LogP contribution in [0.5, 0.6) is 5.75 Å². The first kappa shape index (κ1) is 20.3. The summed E-state index contributed by atoms with van der Waals surface area (Å²) in [5.74, 6) is -2.63. The second-order valence-electron chi connectivity index (χ2n) is 6.08. The monoisotopic (exact) mass is 457 g/mol. The summed E-state index contributed by atoms with van der Waals surface area (Å²) in [6, 6.07) is 11.7. The number of carboxylic acids is 1. The third-order valence-electron chi connectivity index (χ3n) is 4.02. The summed E-state index contributed by atoms with van der Waals surface area (Å²) >= 11 is 3.28. The van der Waals surface area contributed by atoms with Gasteiger partial charge in [-0.1, -0.05) is 28.1 Å². The molecule has 0 radical (unpaired) electrons. The van der Waals surface area contributed by atoms with Crippen LogP contribution in [0.15, 0.2) is 58.6 Å². The topological polar surface area (TPSA) is 116 Å². The van der Waals surface area contributed by atoms with Crippen molar-refractivity contribution in [2.24, 2.45) is 0 Å². The van der Waals surface area contributed by atoms with E-state index in [1.807, 2.05) is 0 Å². The third-order valence-corrected chi connectivity index (χ3v) is 4.55. The first-order valence-electron chi connectivity index (χ1n) is 8.41. The molecule has 0 unspecified atom stereocenters. The zero-order valence-corrected chi connectivity index (χ0v) is 16.6. The van der Waals surface area contributed by atoms with Crippen LogP contribution in [0.2, 0.25) is 0 Å². The van der Waals surface area contributed by atoms with Crippen LogP contribution in [0, 0.1) is 0 Å². The molecule has 1 saturated heterocycles. The Morgan fingerprint density at radius 3 is 2.31 bits per heavy atom. The van der Waals surface area contributed by atoms with Crippen molar-refractivity contribution < 1.29 is 29.0 Å². The standard InChI is InChI=1S/C20H15BrN2O6/c1-11(19(26)27)29-15-8-2-12(3-9-15)10-16-17(24)22-20(28)23(18(16)25)14-6-4-13(21)5-7-14/h2-11H,1H3,(H,26,27)(H,22,24,28)/p-1/b16-10-/t11-/m0/s1. The number of imide groups is 2. The molecule has 29 heavy (non-hydrogen) atoms. The van der Waals surface area contributed by atoms with Gasteiger partial charge in [-0.15, -0.1) is 0 Å². The fraction of sp³-hybridized carbons (Fsp3) is 0.100. The Hall–Kier alpha value is -3.46. The maximum absolute atomic E-state index is 12.8. The number of nitrogens with one attached hydrogen (secondary N) is 1. The van der Waals surface area contributed by atoms with E-state index >= 15 is 0 Å². The predicted octanol–water partition coefficient (Wildman–Crippen LogP) is 1.63. The lowest BCUT2D eigenvalue weighted by Gasteiger charge is -2.26. The molecule has 1 fully saturated rings. The van der Waals surface area contributed by atoms with Crippen LogP contribution in [0.3, 0.4) is 0 Å². The van der Waals surface area contributed by atoms with Crippen LogP contribution in [0.4, 0.5) is 10.5 Å². The van der Waals surface area contributed by atoms with Crippen LogP contribution < -0.4 is 20.1 Å². The van der Waals surface area contributed by atoms with Crippen molar-refractivity contribution in [3.8, 4) is 5.75 Å². The number of benzene rings is 2. The maximum Gasteiger partial charge on any atom is 0.335 e. The van der Waals surface area contributed by atoms with Gasteiger partial charge in [-0.2, -0.15) is 0 Å². The van der Waals surface area contributed by atoms with E-state index in [4.69, 9.17) is 4.74 Å². The van der Waals surface area contributed by atoms with Gasteiger partial charge in [0.2, 0.25) is 0 Å². The van der Waals surface area contributed by atoms with E-state index in [0.717, 1.165) is 9.37 Å². The zero-order chi connectivity index (χ0) is 21.1. The Morgan fingerprint density at radius 2 is 1.72 bits per heavy atom. The van der Waals surface area contributed by atoms with E-state index in [1.165, 1.54) is 25.1 Å². The Kier molecular flexibility index (Phi) is 5.79. The van der Waals surface area contributed by atoms with Crippen molar-refractivity contribution in [3.63, 3.8) is 0 Å². The average molecular weight is 458 g/mol. The number of carbonyl (C=O) groups is 4. The number of hydrogen-bond donors (Lipinski definition) is 1. The molecule has 1 aliphatic rings. The van der Waals surface area contributed by atoms with Crippen molar-refractivity contribution >= 4 is 51.5 Å². The number of aliphatic carboxylic acids is 1. The predicted molar refractivity (Wildman–Crippen MR) is 105 cm³/mol. The van der Waals surface area contributed by atoms with Crippen molar-refractivity contribution in [1.82, 2.24) is 5.32 Å². The number of urea groups is 1. The van der Waals surface area contributed by atoms with Gasteiger partial charge in [-0.25, -0.2) is 9.69 Å². The summed E-state index contributed by atoms with van der Waals surface area (Å²) in [6.07, 6.45) is 0.206. The van der Waals surface area contributed by atoms with E-state index in [1.54, 1.807) is 36.4 Å². The lowest BCUT2D eigenvalue weighted by Crippen LogP contribution is -2.54. The number of carboxylic acid groups (broad SMARTS) is 1. The average Bonchev–Trinajstić information content (AvgIpc) is 2.67. The quantitative estimate of drug-likeness (QED) is 0.538. The van der Waals surface area contributed by atoms with Crippen LogP contribution in [0.25, 0.3) is 6.08 Å². The summed E-state index contributed by atoms with van der Waals surface area (Å²) in [7, 11) is 0. The van der Waals surface area contributed by atoms with Gasteiger partial charge in [-0.05, 0) is 55.0 Å². The van der Waals surface area contributed by atoms with Crippen LogP contribution in [0.1, 0.15) is 12.5 Å². The largest absolute Gasteiger partial charge is 0.546 e. The molecule has 0 aromatic heterocycles. The number of anilines is 1. The highest BCUT2D eigenvalue weighted by molar-refractivity contribution is 9.10. The number of rotatable bonds is 5. The molecule has 3 rings (SSSR count). The number of barbiturate groups is 1. The lowest BCUT2D eigenvalue weighted by molar-refractivity contribution is -0.312. The fourth-order valence-electron chi connectivity index (χ4n) is 2.54. The lowest BCUT2D eigenvalue weighted by atomic mass is 10.1. The van der Waals surface area contributed by atoms with E-state index in [9.17, 15) is 24.3 Å². The zero-order valence-electron chi connectivity index (χ0n) is 15.0. The highest BCUT2D eigenvalue weighted by atomic mass is 79.9. The SMILES string of the molecule is C[C@H](Oc1ccc(/C=C2/C(=O)NC(=O)N(c3ccc(Br)cc3)C2=O)cc1)C(=O)[O-]. The Labute approximate surface area is 173 Å². The number of nitrogens with zero attached hydrogens (tertiary/aromatic N) is 1. The molecule has 148 valence electrons. The highest BCUT2D eigenvalue weighted by Gasteiger charge is 2.36. The number of amides is 4. The minimum atomic E-state index is -1.35. The smallest absolute Gasteiger partial charge is 0.335 e. The molecule has 8 nitrogen and oxygen atoms in total. The molecule has 0 aliphatic carbocycles. The molecule has 0 bridgehead atoms. The molecule has 1 N–H and O–H groups in total. The summed E-state index contributed by atoms with van der Waals surface area (Å²) in [6.45, 7) is 1.34. The number of halogens is 1. The van der Waals surface area contributed by atoms with E-state index < -0.39 is 29.9 Å². The Morgan fingerprint density at radius 1 is 1.10 bits per heavy atom. The van der Waals surface area contributed by atoms with Gasteiger partial charge >= 0.3 is 6.03 Å². The molecular weight excluding hydrogens is 444 g/mol. The van der Waals surface area contributed by atoms with Gasteiger partial charge in [0.1, 0.15) is 17.4 Å². The molecule has 2 aromatic rings. The molecular formula is C20H14BrN2O6-. The highest BCUT2D eigenvalue weighted by Crippen LogP contribution is 2.24. The first-order valence-corrected chi connectivity index (χ1v) is 9.20. The molecule has 1 aliphatic heterocycles. The van der Waals surface area contributed by atoms with Gasteiger partial charge in [0.05, 0.1) is 11.7 Å². The van der Waals surface area contributed by atoms with Crippen molar-refractivity contribution in [2.75, 3.05) is 4.90 Å². The van der Waals surface area contributed by atoms with Crippen molar-refractivity contribution in [2.45, 2.75) is 13.0 Å². The van der Waals surface area contributed by atoms with Gasteiger partial charge in [0.25, 0.3) is 11.8 Å². The van der Waals surface area contributed by atoms with Gasteiger partial charge in [0, 0.05) is 4.47 Å². The number of hydrogen-bond acceptors (Lipinski definition) is 6. The molecule has 1 atom stereocenters. The second-order valence-corrected chi connectivity index (χ2v) is 7.00. The fourth-order valence-corrected chi connectivity index (χ4v) is 2.81. The normalized spacial score (nSPS) is 16.6. The van der Waals surface area contributed by atoms with Crippen molar-refractivity contribution in [1.29, 1.82) is 0 Å². The van der Waals surface area contributed by atoms with Crippen LogP contribution in [-0.2, 0) is 14.4 Å². The maximum atomic E-state index is 12.8. The first-order chi connectivity index (χ1) is 13.8. The molecule has 1 heterocycles. The number of carbonyl (C=O) groups excluding carboxylic acids is 4. The summed E-state index contributed by atoms with van der Waals surface area (Å²) in [4.78, 5) is 48.8. The van der Waals surface area contributed by atoms with Crippen LogP contribution >= 0.6 is 15.9 Å². The van der Waals surface area contributed by atoms with Gasteiger partial charge in [0.15, 0.2) is 0 Å². The molecule has 2 aromatic carbocycles. The number of ether oxygens (including phenoxy) is 1. The molecule has 0 spiro atoms. The summed E-state index contributed by atoms with van der Waals surface area (Å²) in [5, 5.41) is 12.9. The minimum absolute atomic E-state index is 0.218. The van der Waals surface area contributed by atoms with Gasteiger partial charge < -0.3 is 14.6 Å². The summed E-state index contributed by atoms with van der Waals surface area (Å²) < 4.78 is 5.95. The van der Waals surface area contributed by atoms with E-state index in [-0.39, 0.29) is 11.3 Å². The third kappa shape index (κ3) is 4.52. The van der Waals surface area contributed by atoms with Gasteiger partial charge in [-0.3, -0.25) is 14.9 Å². The minimum Gasteiger partial charge on any atom is -0.546 e. The molecule has 4 amide bonds. The molecule has 9 heteroatoms. The molecule has 0 saturated carbocycles. The van der Waals surface area contributed by atoms with E-state index in [2.05, 4.69) is 21.2 Å². The van der Waals surface area contributed by atoms with Crippen molar-refractivity contribution in [3.05, 3.63) is 64.1 Å². The Balaban J connectivity index is 1.86. The van der Waals surface area contributed by atoms with Crippen LogP contribution in [-0.4, -0.2) is 29.9 Å². The van der Waals surface area contributed by atoms with E-state index in [0.29, 0.717) is 11.3 Å². The Bertz CT molecular complexity index is 1010.